The summed E-state index contributed by atoms with van der Waals surface area (Å²) in [6.45, 7) is 3.45. The highest BCUT2D eigenvalue weighted by Gasteiger charge is 2.07. The molecular formula is C21H24ClIN4O. The van der Waals surface area contributed by atoms with Gasteiger partial charge in [0, 0.05) is 37.1 Å². The first kappa shape index (κ1) is 22.2. The number of nitrogens with zero attached hydrogens (tertiary/aromatic N) is 2. The third-order valence-corrected chi connectivity index (χ3v) is 4.37. The average molecular weight is 511 g/mol. The summed E-state index contributed by atoms with van der Waals surface area (Å²) in [6, 6.07) is 15.9. The van der Waals surface area contributed by atoms with Gasteiger partial charge < -0.3 is 15.1 Å². The van der Waals surface area contributed by atoms with Crippen LogP contribution >= 0.6 is 35.6 Å². The van der Waals surface area contributed by atoms with E-state index in [0.717, 1.165) is 34.2 Å². The van der Waals surface area contributed by atoms with E-state index < -0.39 is 0 Å². The molecule has 0 aliphatic rings. The number of guanidine groups is 1. The first-order valence-electron chi connectivity index (χ1n) is 8.84. The largest absolute Gasteiger partial charge is 0.444 e. The Kier molecular flexibility index (Phi) is 8.79. The molecule has 7 heteroatoms. The number of benzene rings is 2. The number of aliphatic imine (C=N–C) groups is 1. The summed E-state index contributed by atoms with van der Waals surface area (Å²) >= 11 is 5.91. The van der Waals surface area contributed by atoms with Crippen molar-refractivity contribution < 1.29 is 4.42 Å². The Morgan fingerprint density at radius 3 is 2.46 bits per heavy atom. The van der Waals surface area contributed by atoms with Crippen LogP contribution in [0.4, 0.5) is 0 Å². The smallest absolute Gasteiger partial charge is 0.226 e. The summed E-state index contributed by atoms with van der Waals surface area (Å²) in [5.74, 6) is 1.39. The molecule has 0 spiro atoms. The van der Waals surface area contributed by atoms with Crippen LogP contribution in [0.15, 0.2) is 64.2 Å². The highest BCUT2D eigenvalue weighted by atomic mass is 127. The fourth-order valence-corrected chi connectivity index (χ4v) is 2.69. The van der Waals surface area contributed by atoms with Crippen LogP contribution in [0, 0.1) is 6.92 Å². The first-order valence-corrected chi connectivity index (χ1v) is 9.22. The number of hydrogen-bond donors (Lipinski definition) is 2. The van der Waals surface area contributed by atoms with E-state index in [1.54, 1.807) is 13.3 Å². The molecule has 0 saturated heterocycles. The lowest BCUT2D eigenvalue weighted by molar-refractivity contribution is 0.572. The maximum atomic E-state index is 5.91. The van der Waals surface area contributed by atoms with Gasteiger partial charge in [0.1, 0.15) is 6.26 Å². The molecule has 0 fully saturated rings. The van der Waals surface area contributed by atoms with Gasteiger partial charge in [-0.15, -0.1) is 24.0 Å². The fourth-order valence-electron chi connectivity index (χ4n) is 2.57. The van der Waals surface area contributed by atoms with E-state index in [4.69, 9.17) is 16.0 Å². The van der Waals surface area contributed by atoms with Crippen molar-refractivity contribution in [3.63, 3.8) is 0 Å². The third-order valence-electron chi connectivity index (χ3n) is 4.12. The molecular weight excluding hydrogens is 487 g/mol. The summed E-state index contributed by atoms with van der Waals surface area (Å²) in [5, 5.41) is 7.30. The zero-order chi connectivity index (χ0) is 19.1. The monoisotopic (exact) mass is 510 g/mol. The maximum Gasteiger partial charge on any atom is 0.226 e. The SMILES string of the molecule is CN=C(NCCc1coc(-c2ccc(C)cc2)n1)NCc1ccc(Cl)cc1.I. The molecule has 1 heterocycles. The quantitative estimate of drug-likeness (QED) is 0.283. The van der Waals surface area contributed by atoms with Crippen LogP contribution in [-0.2, 0) is 13.0 Å². The number of nitrogens with one attached hydrogen (secondary N) is 2. The summed E-state index contributed by atoms with van der Waals surface area (Å²) in [6.07, 6.45) is 2.46. The number of hydrogen-bond acceptors (Lipinski definition) is 3. The molecule has 3 rings (SSSR count). The van der Waals surface area contributed by atoms with E-state index in [9.17, 15) is 0 Å². The molecule has 0 amide bonds. The molecule has 28 heavy (non-hydrogen) atoms. The van der Waals surface area contributed by atoms with Gasteiger partial charge in [0.25, 0.3) is 0 Å². The van der Waals surface area contributed by atoms with Crippen molar-refractivity contribution in [2.75, 3.05) is 13.6 Å². The molecule has 148 valence electrons. The molecule has 3 aromatic rings. The van der Waals surface area contributed by atoms with Crippen molar-refractivity contribution in [3.05, 3.63) is 76.6 Å². The van der Waals surface area contributed by atoms with Crippen molar-refractivity contribution in [2.24, 2.45) is 4.99 Å². The highest BCUT2D eigenvalue weighted by molar-refractivity contribution is 14.0. The second kappa shape index (κ2) is 11.1. The minimum Gasteiger partial charge on any atom is -0.444 e. The van der Waals surface area contributed by atoms with Crippen LogP contribution in [-0.4, -0.2) is 24.5 Å². The molecule has 0 saturated carbocycles. The summed E-state index contributed by atoms with van der Waals surface area (Å²) in [7, 11) is 1.75. The lowest BCUT2D eigenvalue weighted by Gasteiger charge is -2.11. The summed E-state index contributed by atoms with van der Waals surface area (Å²) < 4.78 is 5.59. The normalized spacial score (nSPS) is 11.0. The van der Waals surface area contributed by atoms with Gasteiger partial charge in [0.2, 0.25) is 5.89 Å². The van der Waals surface area contributed by atoms with Gasteiger partial charge >= 0.3 is 0 Å². The standard InChI is InChI=1S/C21H23ClN4O.HI/c1-15-3-7-17(8-4-15)20-26-19(14-27-20)11-12-24-21(23-2)25-13-16-5-9-18(22)10-6-16;/h3-10,14H,11-13H2,1-2H3,(H2,23,24,25);1H. The number of halogens is 2. The molecule has 2 aromatic carbocycles. The average Bonchev–Trinajstić information content (AvgIpc) is 3.15. The maximum absolute atomic E-state index is 5.91. The molecule has 0 aliphatic carbocycles. The highest BCUT2D eigenvalue weighted by Crippen LogP contribution is 2.19. The van der Waals surface area contributed by atoms with Crippen molar-refractivity contribution in [2.45, 2.75) is 19.9 Å². The molecule has 1 aromatic heterocycles. The van der Waals surface area contributed by atoms with Gasteiger partial charge in [0.15, 0.2) is 5.96 Å². The molecule has 0 atom stereocenters. The Balaban J connectivity index is 0.00000280. The van der Waals surface area contributed by atoms with Crippen molar-refractivity contribution >= 4 is 41.5 Å². The van der Waals surface area contributed by atoms with E-state index in [1.165, 1.54) is 5.56 Å². The van der Waals surface area contributed by atoms with Crippen LogP contribution in [0.1, 0.15) is 16.8 Å². The van der Waals surface area contributed by atoms with E-state index in [0.29, 0.717) is 19.0 Å². The van der Waals surface area contributed by atoms with Gasteiger partial charge in [-0.3, -0.25) is 4.99 Å². The third kappa shape index (κ3) is 6.53. The Labute approximate surface area is 187 Å². The Hall–Kier alpha value is -2.06. The second-order valence-electron chi connectivity index (χ2n) is 6.24. The zero-order valence-corrected chi connectivity index (χ0v) is 19.0. The molecule has 0 aliphatic heterocycles. The molecule has 0 radical (unpaired) electrons. The van der Waals surface area contributed by atoms with Crippen LogP contribution in [0.2, 0.25) is 5.02 Å². The van der Waals surface area contributed by atoms with Crippen molar-refractivity contribution in [1.82, 2.24) is 15.6 Å². The molecule has 0 bridgehead atoms. The number of rotatable bonds is 6. The van der Waals surface area contributed by atoms with E-state index in [-0.39, 0.29) is 24.0 Å². The van der Waals surface area contributed by atoms with Crippen molar-refractivity contribution in [3.8, 4) is 11.5 Å². The predicted molar refractivity (Wildman–Crippen MR) is 125 cm³/mol. The summed E-state index contributed by atoms with van der Waals surface area (Å²) in [5.41, 5.74) is 4.25. The van der Waals surface area contributed by atoms with Gasteiger partial charge in [0.05, 0.1) is 5.69 Å². The van der Waals surface area contributed by atoms with Gasteiger partial charge in [-0.05, 0) is 36.8 Å². The molecule has 5 nitrogen and oxygen atoms in total. The molecule has 2 N–H and O–H groups in total. The predicted octanol–water partition coefficient (Wildman–Crippen LogP) is 4.83. The fraction of sp³-hybridized carbons (Fsp3) is 0.238. The minimum atomic E-state index is 0. The summed E-state index contributed by atoms with van der Waals surface area (Å²) in [4.78, 5) is 8.79. The van der Waals surface area contributed by atoms with Gasteiger partial charge in [-0.1, -0.05) is 41.4 Å². The Morgan fingerprint density at radius 2 is 1.79 bits per heavy atom. The van der Waals surface area contributed by atoms with Crippen LogP contribution in [0.25, 0.3) is 11.5 Å². The minimum absolute atomic E-state index is 0. The van der Waals surface area contributed by atoms with E-state index in [1.807, 2.05) is 36.4 Å². The number of aryl methyl sites for hydroxylation is 1. The van der Waals surface area contributed by atoms with Gasteiger partial charge in [-0.2, -0.15) is 0 Å². The first-order chi connectivity index (χ1) is 13.1. The lowest BCUT2D eigenvalue weighted by atomic mass is 10.1. The lowest BCUT2D eigenvalue weighted by Crippen LogP contribution is -2.37. The van der Waals surface area contributed by atoms with Crippen LogP contribution in [0.5, 0.6) is 0 Å². The molecule has 0 unspecified atom stereocenters. The van der Waals surface area contributed by atoms with E-state index in [2.05, 4.69) is 39.7 Å². The topological polar surface area (TPSA) is 62.5 Å². The van der Waals surface area contributed by atoms with Crippen molar-refractivity contribution in [1.29, 1.82) is 0 Å². The number of oxazole rings is 1. The van der Waals surface area contributed by atoms with Gasteiger partial charge in [-0.25, -0.2) is 4.98 Å². The second-order valence-corrected chi connectivity index (χ2v) is 6.68. The number of aromatic nitrogens is 1. The Bertz CT molecular complexity index is 892. The zero-order valence-electron chi connectivity index (χ0n) is 15.9. The Morgan fingerprint density at radius 1 is 1.07 bits per heavy atom. The van der Waals surface area contributed by atoms with Crippen LogP contribution < -0.4 is 10.6 Å². The van der Waals surface area contributed by atoms with Crippen LogP contribution in [0.3, 0.4) is 0 Å². The van der Waals surface area contributed by atoms with E-state index >= 15 is 0 Å².